The molecule has 2 unspecified atom stereocenters. The van der Waals surface area contributed by atoms with E-state index in [0.717, 1.165) is 6.07 Å². The van der Waals surface area contributed by atoms with Crippen LogP contribution in [-0.4, -0.2) is 31.9 Å². The fourth-order valence-corrected chi connectivity index (χ4v) is 2.08. The third-order valence-corrected chi connectivity index (χ3v) is 2.98. The fourth-order valence-electron chi connectivity index (χ4n) is 2.08. The van der Waals surface area contributed by atoms with Crippen molar-refractivity contribution in [2.45, 2.75) is 32.2 Å². The van der Waals surface area contributed by atoms with Gasteiger partial charge in [-0.05, 0) is 31.7 Å². The molecule has 6 nitrogen and oxygen atoms in total. The molecule has 0 aliphatic carbocycles. The van der Waals surface area contributed by atoms with Gasteiger partial charge in [-0.15, -0.1) is 0 Å². The summed E-state index contributed by atoms with van der Waals surface area (Å²) in [7, 11) is 0. The molecule has 0 saturated heterocycles. The Morgan fingerprint density at radius 1 is 1.37 bits per heavy atom. The predicted octanol–water partition coefficient (Wildman–Crippen LogP) is 1.17. The molecule has 1 aromatic rings. The normalized spacial score (nSPS) is 15.7. The summed E-state index contributed by atoms with van der Waals surface area (Å²) in [5.74, 6) is -2.11. The Labute approximate surface area is 111 Å². The standard InChI is InChI=1S/C13H19NO5/c1-7(6-13(2,14)12(18)19)3-8-4-9(15)5-10(16)11(8)17/h4-5,7,15-17H,3,6,14H2,1-2H3,(H,18,19). The van der Waals surface area contributed by atoms with Gasteiger partial charge in [0.15, 0.2) is 11.5 Å². The molecule has 0 bridgehead atoms. The van der Waals surface area contributed by atoms with Gasteiger partial charge in [-0.3, -0.25) is 4.79 Å². The van der Waals surface area contributed by atoms with Crippen molar-refractivity contribution in [3.8, 4) is 17.2 Å². The Morgan fingerprint density at radius 2 is 1.95 bits per heavy atom. The van der Waals surface area contributed by atoms with E-state index in [2.05, 4.69) is 0 Å². The number of carboxylic acids is 1. The van der Waals surface area contributed by atoms with Gasteiger partial charge in [0.25, 0.3) is 0 Å². The highest BCUT2D eigenvalue weighted by molar-refractivity contribution is 5.77. The predicted molar refractivity (Wildman–Crippen MR) is 69.1 cm³/mol. The summed E-state index contributed by atoms with van der Waals surface area (Å²) in [6, 6.07) is 2.37. The van der Waals surface area contributed by atoms with E-state index in [1.165, 1.54) is 13.0 Å². The van der Waals surface area contributed by atoms with Gasteiger partial charge in [0.1, 0.15) is 11.3 Å². The fraction of sp³-hybridized carbons (Fsp3) is 0.462. The van der Waals surface area contributed by atoms with Crippen LogP contribution in [0.4, 0.5) is 0 Å². The summed E-state index contributed by atoms with van der Waals surface area (Å²) < 4.78 is 0. The number of carbonyl (C=O) groups is 1. The summed E-state index contributed by atoms with van der Waals surface area (Å²) in [4.78, 5) is 10.9. The van der Waals surface area contributed by atoms with Gasteiger partial charge >= 0.3 is 5.97 Å². The molecule has 1 rings (SSSR count). The maximum Gasteiger partial charge on any atom is 0.323 e. The number of nitrogens with two attached hydrogens (primary N) is 1. The number of phenolic OH excluding ortho intramolecular Hbond substituents is 3. The van der Waals surface area contributed by atoms with E-state index >= 15 is 0 Å². The monoisotopic (exact) mass is 269 g/mol. The second-order valence-corrected chi connectivity index (χ2v) is 5.21. The molecular weight excluding hydrogens is 250 g/mol. The second kappa shape index (κ2) is 5.36. The summed E-state index contributed by atoms with van der Waals surface area (Å²) in [5, 5.41) is 37.4. The number of hydrogen-bond acceptors (Lipinski definition) is 5. The molecule has 0 radical (unpaired) electrons. The van der Waals surface area contributed by atoms with Gasteiger partial charge < -0.3 is 26.2 Å². The number of carboxylic acid groups (broad SMARTS) is 1. The molecule has 19 heavy (non-hydrogen) atoms. The minimum atomic E-state index is -1.35. The van der Waals surface area contributed by atoms with Crippen molar-refractivity contribution in [3.05, 3.63) is 17.7 Å². The van der Waals surface area contributed by atoms with E-state index in [0.29, 0.717) is 12.0 Å². The summed E-state index contributed by atoms with van der Waals surface area (Å²) in [6.45, 7) is 3.21. The molecule has 0 heterocycles. The summed E-state index contributed by atoms with van der Waals surface area (Å²) in [5.41, 5.74) is 4.65. The van der Waals surface area contributed by atoms with Crippen LogP contribution in [0.15, 0.2) is 12.1 Å². The number of aliphatic carboxylic acids is 1. The lowest BCUT2D eigenvalue weighted by atomic mass is 9.87. The molecule has 2 atom stereocenters. The Bertz CT molecular complexity index is 484. The van der Waals surface area contributed by atoms with E-state index in [1.54, 1.807) is 6.92 Å². The van der Waals surface area contributed by atoms with Gasteiger partial charge in [0.05, 0.1) is 0 Å². The third-order valence-electron chi connectivity index (χ3n) is 2.98. The van der Waals surface area contributed by atoms with Crippen LogP contribution in [0.2, 0.25) is 0 Å². The van der Waals surface area contributed by atoms with Crippen LogP contribution in [0, 0.1) is 5.92 Å². The number of benzene rings is 1. The topological polar surface area (TPSA) is 124 Å². The van der Waals surface area contributed by atoms with Gasteiger partial charge in [0, 0.05) is 11.6 Å². The van der Waals surface area contributed by atoms with Crippen molar-refractivity contribution in [2.75, 3.05) is 0 Å². The lowest BCUT2D eigenvalue weighted by Crippen LogP contribution is -2.46. The van der Waals surface area contributed by atoms with Gasteiger partial charge in [-0.1, -0.05) is 6.92 Å². The first kappa shape index (κ1) is 15.1. The largest absolute Gasteiger partial charge is 0.508 e. The Kier molecular flexibility index (Phi) is 4.26. The molecule has 1 aromatic carbocycles. The molecule has 6 heteroatoms. The van der Waals surface area contributed by atoms with Crippen LogP contribution < -0.4 is 5.73 Å². The molecule has 0 fully saturated rings. The number of aromatic hydroxyl groups is 3. The molecule has 0 aliphatic heterocycles. The number of rotatable bonds is 5. The van der Waals surface area contributed by atoms with Crippen LogP contribution in [0.5, 0.6) is 17.2 Å². The Hall–Kier alpha value is -1.95. The molecule has 106 valence electrons. The molecule has 0 aromatic heterocycles. The average molecular weight is 269 g/mol. The molecule has 0 aliphatic rings. The third kappa shape index (κ3) is 3.75. The summed E-state index contributed by atoms with van der Waals surface area (Å²) in [6.07, 6.45) is 0.506. The van der Waals surface area contributed by atoms with Crippen LogP contribution in [0.1, 0.15) is 25.8 Å². The van der Waals surface area contributed by atoms with E-state index < -0.39 is 17.3 Å². The zero-order valence-electron chi connectivity index (χ0n) is 10.9. The first-order valence-electron chi connectivity index (χ1n) is 5.89. The SMILES string of the molecule is CC(Cc1cc(O)cc(O)c1O)CC(C)(N)C(=O)O. The van der Waals surface area contributed by atoms with E-state index in [9.17, 15) is 20.1 Å². The Balaban J connectivity index is 2.83. The second-order valence-electron chi connectivity index (χ2n) is 5.21. The van der Waals surface area contributed by atoms with Crippen molar-refractivity contribution < 1.29 is 25.2 Å². The maximum atomic E-state index is 10.9. The van der Waals surface area contributed by atoms with E-state index in [4.69, 9.17) is 10.8 Å². The van der Waals surface area contributed by atoms with Crippen molar-refractivity contribution in [1.29, 1.82) is 0 Å². The smallest absolute Gasteiger partial charge is 0.323 e. The minimum Gasteiger partial charge on any atom is -0.508 e. The number of phenols is 3. The zero-order valence-corrected chi connectivity index (χ0v) is 10.9. The highest BCUT2D eigenvalue weighted by Crippen LogP contribution is 2.35. The van der Waals surface area contributed by atoms with E-state index in [-0.39, 0.29) is 23.8 Å². The quantitative estimate of drug-likeness (QED) is 0.404. The van der Waals surface area contributed by atoms with Crippen LogP contribution in [0.25, 0.3) is 0 Å². The van der Waals surface area contributed by atoms with Crippen LogP contribution in [-0.2, 0) is 11.2 Å². The molecule has 0 saturated carbocycles. The maximum absolute atomic E-state index is 10.9. The molecule has 6 N–H and O–H groups in total. The lowest BCUT2D eigenvalue weighted by Gasteiger charge is -2.23. The highest BCUT2D eigenvalue weighted by Gasteiger charge is 2.30. The first-order chi connectivity index (χ1) is 8.63. The van der Waals surface area contributed by atoms with Crippen LogP contribution >= 0.6 is 0 Å². The first-order valence-corrected chi connectivity index (χ1v) is 5.89. The van der Waals surface area contributed by atoms with Gasteiger partial charge in [-0.25, -0.2) is 0 Å². The molecular formula is C13H19NO5. The molecule has 0 spiro atoms. The lowest BCUT2D eigenvalue weighted by molar-refractivity contribution is -0.143. The van der Waals surface area contributed by atoms with Crippen LogP contribution in [0.3, 0.4) is 0 Å². The van der Waals surface area contributed by atoms with E-state index in [1.807, 2.05) is 0 Å². The number of hydrogen-bond donors (Lipinski definition) is 5. The average Bonchev–Trinajstić information content (AvgIpc) is 2.24. The van der Waals surface area contributed by atoms with Gasteiger partial charge in [-0.2, -0.15) is 0 Å². The molecule has 0 amide bonds. The highest BCUT2D eigenvalue weighted by atomic mass is 16.4. The van der Waals surface area contributed by atoms with Crippen molar-refractivity contribution in [2.24, 2.45) is 11.7 Å². The Morgan fingerprint density at radius 3 is 2.47 bits per heavy atom. The van der Waals surface area contributed by atoms with Gasteiger partial charge in [0.2, 0.25) is 0 Å². The van der Waals surface area contributed by atoms with Crippen molar-refractivity contribution in [1.82, 2.24) is 0 Å². The van der Waals surface area contributed by atoms with Crippen molar-refractivity contribution in [3.63, 3.8) is 0 Å². The zero-order chi connectivity index (χ0) is 14.8. The van der Waals surface area contributed by atoms with Crippen molar-refractivity contribution >= 4 is 5.97 Å². The summed E-state index contributed by atoms with van der Waals surface area (Å²) >= 11 is 0. The minimum absolute atomic E-state index is 0.141.